The highest BCUT2D eigenvalue weighted by Gasteiger charge is 2.28. The third-order valence-electron chi connectivity index (χ3n) is 4.65. The summed E-state index contributed by atoms with van der Waals surface area (Å²) in [4.78, 5) is 37.6. The van der Waals surface area contributed by atoms with E-state index in [1.165, 1.54) is 0 Å². The summed E-state index contributed by atoms with van der Waals surface area (Å²) in [6, 6.07) is 3.76. The van der Waals surface area contributed by atoms with E-state index in [0.717, 1.165) is 12.8 Å². The highest BCUT2D eigenvalue weighted by molar-refractivity contribution is 5.86. The molecule has 178 valence electrons. The molecule has 1 aliphatic heterocycles. The molecular weight excluding hydrogens is 416 g/mol. The van der Waals surface area contributed by atoms with Crippen molar-refractivity contribution in [2.24, 2.45) is 0 Å². The van der Waals surface area contributed by atoms with E-state index < -0.39 is 35.7 Å². The molecular formula is C23H34N2O7. The number of esters is 1. The molecule has 0 aliphatic carbocycles. The predicted octanol–water partition coefficient (Wildman–Crippen LogP) is 3.61. The van der Waals surface area contributed by atoms with Crippen molar-refractivity contribution in [2.75, 3.05) is 13.4 Å². The van der Waals surface area contributed by atoms with Crippen LogP contribution in [0.2, 0.25) is 0 Å². The van der Waals surface area contributed by atoms with Crippen LogP contribution in [0.1, 0.15) is 71.9 Å². The summed E-state index contributed by atoms with van der Waals surface area (Å²) in [6.07, 6.45) is 1.30. The molecule has 1 heterocycles. The van der Waals surface area contributed by atoms with Crippen LogP contribution in [0, 0.1) is 0 Å². The second-order valence-corrected chi connectivity index (χ2v) is 8.52. The normalized spacial score (nSPS) is 14.3. The van der Waals surface area contributed by atoms with E-state index in [1.807, 2.05) is 6.92 Å². The fraction of sp³-hybridized carbons (Fsp3) is 0.609. The average molecular weight is 451 g/mol. The zero-order valence-corrected chi connectivity index (χ0v) is 19.5. The Morgan fingerprint density at radius 3 is 2.47 bits per heavy atom. The van der Waals surface area contributed by atoms with Crippen LogP contribution in [0.25, 0.3) is 0 Å². The number of alkyl carbamates (subject to hydrolysis) is 1. The number of amides is 2. The minimum atomic E-state index is -0.802. The fourth-order valence-corrected chi connectivity index (χ4v) is 3.17. The van der Waals surface area contributed by atoms with E-state index in [1.54, 1.807) is 45.9 Å². The van der Waals surface area contributed by atoms with Crippen molar-refractivity contribution in [1.29, 1.82) is 0 Å². The summed E-state index contributed by atoms with van der Waals surface area (Å²) < 4.78 is 21.1. The molecule has 9 heteroatoms. The Bertz CT molecular complexity index is 804. The molecule has 2 rings (SSSR count). The van der Waals surface area contributed by atoms with Crippen LogP contribution < -0.4 is 20.1 Å². The second-order valence-electron chi connectivity index (χ2n) is 8.52. The Morgan fingerprint density at radius 2 is 1.81 bits per heavy atom. The number of rotatable bonds is 10. The number of carbonyl (C=O) groups is 3. The molecule has 0 unspecified atom stereocenters. The van der Waals surface area contributed by atoms with Crippen molar-refractivity contribution < 1.29 is 33.3 Å². The first-order valence-corrected chi connectivity index (χ1v) is 11.0. The molecule has 0 bridgehead atoms. The van der Waals surface area contributed by atoms with Crippen molar-refractivity contribution in [1.82, 2.24) is 10.6 Å². The van der Waals surface area contributed by atoms with Crippen LogP contribution in [0.5, 0.6) is 11.5 Å². The van der Waals surface area contributed by atoms with Gasteiger partial charge in [0.25, 0.3) is 0 Å². The molecule has 0 saturated heterocycles. The molecule has 1 aliphatic rings. The first-order valence-electron chi connectivity index (χ1n) is 11.0. The topological polar surface area (TPSA) is 112 Å². The van der Waals surface area contributed by atoms with Crippen LogP contribution in [0.3, 0.4) is 0 Å². The smallest absolute Gasteiger partial charge is 0.408 e. The van der Waals surface area contributed by atoms with Gasteiger partial charge in [0, 0.05) is 0 Å². The molecule has 32 heavy (non-hydrogen) atoms. The van der Waals surface area contributed by atoms with Gasteiger partial charge in [-0.1, -0.05) is 25.8 Å². The Kier molecular flexibility index (Phi) is 9.16. The van der Waals surface area contributed by atoms with Crippen LogP contribution in [0.15, 0.2) is 18.2 Å². The summed E-state index contributed by atoms with van der Waals surface area (Å²) in [5.41, 5.74) is -0.0170. The van der Waals surface area contributed by atoms with Gasteiger partial charge < -0.3 is 29.6 Å². The van der Waals surface area contributed by atoms with Crippen LogP contribution in [-0.4, -0.2) is 43.0 Å². The van der Waals surface area contributed by atoms with Gasteiger partial charge in [-0.15, -0.1) is 0 Å². The largest absolute Gasteiger partial charge is 0.466 e. The number of unbranched alkanes of at least 4 members (excludes halogenated alkanes) is 1. The quantitative estimate of drug-likeness (QED) is 0.524. The molecule has 2 atom stereocenters. The lowest BCUT2D eigenvalue weighted by Crippen LogP contribution is -2.49. The molecule has 1 aromatic carbocycles. The lowest BCUT2D eigenvalue weighted by atomic mass is 10.0. The summed E-state index contributed by atoms with van der Waals surface area (Å²) in [5.74, 6) is 0.291. The fourth-order valence-electron chi connectivity index (χ4n) is 3.17. The number of nitrogens with one attached hydrogen (secondary N) is 2. The van der Waals surface area contributed by atoms with Crippen LogP contribution in [0.4, 0.5) is 4.79 Å². The van der Waals surface area contributed by atoms with Gasteiger partial charge in [0.1, 0.15) is 11.6 Å². The van der Waals surface area contributed by atoms with E-state index in [-0.39, 0.29) is 19.8 Å². The van der Waals surface area contributed by atoms with Crippen LogP contribution >= 0.6 is 0 Å². The predicted molar refractivity (Wildman–Crippen MR) is 117 cm³/mol. The van der Waals surface area contributed by atoms with Crippen molar-refractivity contribution in [3.8, 4) is 11.5 Å². The zero-order valence-electron chi connectivity index (χ0n) is 19.5. The third-order valence-corrected chi connectivity index (χ3v) is 4.65. The first-order chi connectivity index (χ1) is 15.1. The number of hydrogen-bond acceptors (Lipinski definition) is 7. The number of hydrogen-bond donors (Lipinski definition) is 2. The highest BCUT2D eigenvalue weighted by Crippen LogP contribution is 2.35. The highest BCUT2D eigenvalue weighted by atomic mass is 16.7. The number of benzene rings is 1. The van der Waals surface area contributed by atoms with Crippen LogP contribution in [-0.2, 0) is 19.1 Å². The van der Waals surface area contributed by atoms with E-state index in [9.17, 15) is 14.4 Å². The molecule has 0 saturated carbocycles. The molecule has 0 fully saturated rings. The Morgan fingerprint density at radius 1 is 1.09 bits per heavy atom. The zero-order chi connectivity index (χ0) is 23.7. The van der Waals surface area contributed by atoms with Gasteiger partial charge in [0.05, 0.1) is 19.1 Å². The SMILES string of the molecule is CCCC[C@H](NC(=O)OC(C)(C)C)C(=O)N[C@@H](CC(=O)OCC)c1ccc2c(c1)OCO2. The summed E-state index contributed by atoms with van der Waals surface area (Å²) in [6.45, 7) is 9.33. The van der Waals surface area contributed by atoms with Crippen molar-refractivity contribution >= 4 is 18.0 Å². The first kappa shape index (κ1) is 25.3. The van der Waals surface area contributed by atoms with Gasteiger partial charge in [-0.25, -0.2) is 4.79 Å². The van der Waals surface area contributed by atoms with Crippen molar-refractivity contribution in [2.45, 2.75) is 78.0 Å². The number of ether oxygens (including phenoxy) is 4. The van der Waals surface area contributed by atoms with E-state index >= 15 is 0 Å². The Labute approximate surface area is 189 Å². The molecule has 9 nitrogen and oxygen atoms in total. The maximum Gasteiger partial charge on any atom is 0.408 e. The molecule has 0 spiro atoms. The van der Waals surface area contributed by atoms with Gasteiger partial charge in [-0.2, -0.15) is 0 Å². The monoisotopic (exact) mass is 450 g/mol. The van der Waals surface area contributed by atoms with Crippen molar-refractivity contribution in [3.05, 3.63) is 23.8 Å². The summed E-state index contributed by atoms with van der Waals surface area (Å²) in [5, 5.41) is 5.54. The number of carbonyl (C=O) groups excluding carboxylic acids is 3. The van der Waals surface area contributed by atoms with Gasteiger partial charge >= 0.3 is 12.1 Å². The van der Waals surface area contributed by atoms with E-state index in [0.29, 0.717) is 23.5 Å². The molecule has 0 aromatic heterocycles. The molecule has 2 amide bonds. The maximum absolute atomic E-state index is 13.1. The Balaban J connectivity index is 2.18. The third kappa shape index (κ3) is 7.94. The number of fused-ring (bicyclic) bond motifs is 1. The molecule has 0 radical (unpaired) electrons. The minimum absolute atomic E-state index is 0.0633. The van der Waals surface area contributed by atoms with Gasteiger partial charge in [0.15, 0.2) is 11.5 Å². The summed E-state index contributed by atoms with van der Waals surface area (Å²) >= 11 is 0. The summed E-state index contributed by atoms with van der Waals surface area (Å²) in [7, 11) is 0. The lowest BCUT2D eigenvalue weighted by molar-refractivity contribution is -0.143. The van der Waals surface area contributed by atoms with Gasteiger partial charge in [-0.3, -0.25) is 9.59 Å². The average Bonchev–Trinajstić information content (AvgIpc) is 3.17. The van der Waals surface area contributed by atoms with E-state index in [2.05, 4.69) is 10.6 Å². The molecule has 2 N–H and O–H groups in total. The van der Waals surface area contributed by atoms with Gasteiger partial charge in [0.2, 0.25) is 12.7 Å². The van der Waals surface area contributed by atoms with E-state index in [4.69, 9.17) is 18.9 Å². The lowest BCUT2D eigenvalue weighted by Gasteiger charge is -2.25. The minimum Gasteiger partial charge on any atom is -0.466 e. The van der Waals surface area contributed by atoms with Crippen molar-refractivity contribution in [3.63, 3.8) is 0 Å². The standard InChI is InChI=1S/C23H34N2O7/c1-6-8-9-16(25-22(28)32-23(3,4)5)21(27)24-17(13-20(26)29-7-2)15-10-11-18-19(12-15)31-14-30-18/h10-12,16-17H,6-9,13-14H2,1-5H3,(H,24,27)(H,25,28)/t16-,17-/m0/s1. The maximum atomic E-state index is 13.1. The molecule has 1 aromatic rings. The van der Waals surface area contributed by atoms with Gasteiger partial charge in [-0.05, 0) is 51.8 Å². The second kappa shape index (κ2) is 11.6. The Hall–Kier alpha value is -2.97.